The van der Waals surface area contributed by atoms with E-state index in [-0.39, 0.29) is 16.3 Å². The third-order valence-electron chi connectivity index (χ3n) is 2.59. The van der Waals surface area contributed by atoms with E-state index in [9.17, 15) is 21.6 Å². The lowest BCUT2D eigenvalue weighted by Gasteiger charge is -2.12. The van der Waals surface area contributed by atoms with Gasteiger partial charge in [-0.15, -0.1) is 11.3 Å². The van der Waals surface area contributed by atoms with Crippen molar-refractivity contribution in [2.24, 2.45) is 0 Å². The Labute approximate surface area is 127 Å². The zero-order valence-electron chi connectivity index (χ0n) is 11.7. The minimum atomic E-state index is -4.07. The van der Waals surface area contributed by atoms with E-state index in [0.717, 1.165) is 15.6 Å². The van der Waals surface area contributed by atoms with Gasteiger partial charge >= 0.3 is 5.97 Å². The van der Waals surface area contributed by atoms with Gasteiger partial charge in [-0.2, -0.15) is 0 Å². The van der Waals surface area contributed by atoms with Gasteiger partial charge in [0, 0.05) is 20.6 Å². The van der Waals surface area contributed by atoms with Crippen LogP contribution in [0, 0.1) is 6.92 Å². The lowest BCUT2D eigenvalue weighted by molar-refractivity contribution is 0.0698. The minimum absolute atomic E-state index is 0.296. The summed E-state index contributed by atoms with van der Waals surface area (Å²) < 4.78 is 50.4. The van der Waals surface area contributed by atoms with Gasteiger partial charge in [-0.05, 0) is 17.9 Å². The first-order valence-electron chi connectivity index (χ1n) is 5.70. The van der Waals surface area contributed by atoms with Crippen LogP contribution in [-0.4, -0.2) is 58.6 Å². The maximum Gasteiger partial charge on any atom is 0.347 e. The van der Waals surface area contributed by atoms with Crippen molar-refractivity contribution in [1.29, 1.82) is 0 Å². The second-order valence-electron chi connectivity index (χ2n) is 4.38. The molecular formula is C10H16N2O6S3. The van der Waals surface area contributed by atoms with Crippen LogP contribution in [-0.2, 0) is 20.0 Å². The van der Waals surface area contributed by atoms with Gasteiger partial charge in [0.2, 0.25) is 20.0 Å². The fourth-order valence-electron chi connectivity index (χ4n) is 1.47. The zero-order valence-corrected chi connectivity index (χ0v) is 14.1. The number of hydrogen-bond acceptors (Lipinski definition) is 6. The summed E-state index contributed by atoms with van der Waals surface area (Å²) in [4.78, 5) is 10.4. The first kappa shape index (κ1) is 18.0. The third-order valence-corrected chi connectivity index (χ3v) is 7.28. The summed E-state index contributed by atoms with van der Waals surface area (Å²) in [6.07, 6.45) is 0. The van der Waals surface area contributed by atoms with E-state index in [1.807, 2.05) is 0 Å². The van der Waals surface area contributed by atoms with E-state index < -0.39 is 31.8 Å². The van der Waals surface area contributed by atoms with E-state index in [1.165, 1.54) is 26.4 Å². The zero-order chi connectivity index (χ0) is 16.4. The summed E-state index contributed by atoms with van der Waals surface area (Å²) in [5, 5.41) is 10.4. The van der Waals surface area contributed by atoms with Gasteiger partial charge in [0.15, 0.2) is 0 Å². The van der Waals surface area contributed by atoms with Crippen LogP contribution in [0.4, 0.5) is 0 Å². The molecule has 0 aliphatic carbocycles. The molecule has 0 saturated carbocycles. The van der Waals surface area contributed by atoms with Crippen molar-refractivity contribution in [3.05, 3.63) is 15.8 Å². The Morgan fingerprint density at radius 3 is 2.38 bits per heavy atom. The smallest absolute Gasteiger partial charge is 0.347 e. The largest absolute Gasteiger partial charge is 0.477 e. The van der Waals surface area contributed by atoms with Gasteiger partial charge in [-0.25, -0.2) is 30.7 Å². The molecule has 1 heterocycles. The summed E-state index contributed by atoms with van der Waals surface area (Å²) in [6.45, 7) is 1.14. The second-order valence-corrected chi connectivity index (χ2v) is 9.26. The summed E-state index contributed by atoms with van der Waals surface area (Å²) >= 11 is 0.810. The van der Waals surface area contributed by atoms with Crippen LogP contribution in [0.2, 0.25) is 0 Å². The predicted octanol–water partition coefficient (Wildman–Crippen LogP) is -0.0756. The Morgan fingerprint density at radius 1 is 1.33 bits per heavy atom. The Bertz CT molecular complexity index is 733. The second kappa shape index (κ2) is 6.40. The monoisotopic (exact) mass is 356 g/mol. The highest BCUT2D eigenvalue weighted by atomic mass is 32.2. The highest BCUT2D eigenvalue weighted by molar-refractivity contribution is 7.90. The number of rotatable bonds is 7. The number of nitrogens with zero attached hydrogens (tertiary/aromatic N) is 1. The number of hydrogen-bond donors (Lipinski definition) is 2. The molecule has 1 aromatic heterocycles. The molecule has 0 aromatic carbocycles. The molecule has 21 heavy (non-hydrogen) atoms. The number of carboxylic acid groups (broad SMARTS) is 1. The molecule has 120 valence electrons. The van der Waals surface area contributed by atoms with E-state index in [1.54, 1.807) is 0 Å². The fraction of sp³-hybridized carbons (Fsp3) is 0.500. The summed E-state index contributed by atoms with van der Waals surface area (Å²) in [5.41, 5.74) is 0.306. The van der Waals surface area contributed by atoms with Crippen molar-refractivity contribution in [3.63, 3.8) is 0 Å². The number of aromatic carboxylic acids is 1. The fourth-order valence-corrected chi connectivity index (χ4v) is 4.99. The van der Waals surface area contributed by atoms with Crippen LogP contribution in [0.15, 0.2) is 10.3 Å². The van der Waals surface area contributed by atoms with E-state index in [0.29, 0.717) is 5.56 Å². The van der Waals surface area contributed by atoms with Crippen LogP contribution >= 0.6 is 11.3 Å². The molecule has 2 N–H and O–H groups in total. The van der Waals surface area contributed by atoms with Crippen molar-refractivity contribution in [2.45, 2.75) is 11.8 Å². The predicted molar refractivity (Wildman–Crippen MR) is 78.7 cm³/mol. The highest BCUT2D eigenvalue weighted by Gasteiger charge is 2.27. The van der Waals surface area contributed by atoms with Gasteiger partial charge < -0.3 is 5.11 Å². The van der Waals surface area contributed by atoms with Crippen molar-refractivity contribution in [1.82, 2.24) is 9.03 Å². The van der Waals surface area contributed by atoms with Crippen LogP contribution in [0.1, 0.15) is 15.2 Å². The molecule has 0 bridgehead atoms. The summed E-state index contributed by atoms with van der Waals surface area (Å²) in [7, 11) is -4.92. The molecule has 0 amide bonds. The Kier molecular flexibility index (Phi) is 5.50. The van der Waals surface area contributed by atoms with Crippen molar-refractivity contribution in [3.8, 4) is 0 Å². The van der Waals surface area contributed by atoms with Gasteiger partial charge in [-0.3, -0.25) is 0 Å². The first-order chi connectivity index (χ1) is 9.49. The number of sulfonamides is 2. The Morgan fingerprint density at radius 2 is 1.90 bits per heavy atom. The molecule has 0 atom stereocenters. The molecule has 0 aliphatic rings. The van der Waals surface area contributed by atoms with Crippen molar-refractivity contribution < 1.29 is 26.7 Å². The van der Waals surface area contributed by atoms with Crippen LogP contribution in [0.3, 0.4) is 0 Å². The Hall–Kier alpha value is -1.01. The molecule has 1 rings (SSSR count). The number of carbonyl (C=O) groups is 1. The van der Waals surface area contributed by atoms with Crippen LogP contribution < -0.4 is 4.72 Å². The van der Waals surface area contributed by atoms with Gasteiger partial charge in [-0.1, -0.05) is 0 Å². The lowest BCUT2D eigenvalue weighted by Crippen LogP contribution is -2.34. The lowest BCUT2D eigenvalue weighted by atomic mass is 10.3. The topological polar surface area (TPSA) is 121 Å². The SMILES string of the molecule is Cc1csc(C(=O)O)c1S(=O)(=O)NCCS(=O)(=O)N(C)C. The van der Waals surface area contributed by atoms with Gasteiger partial charge in [0.1, 0.15) is 9.77 Å². The molecule has 0 spiro atoms. The summed E-state index contributed by atoms with van der Waals surface area (Å²) in [6, 6.07) is 0. The minimum Gasteiger partial charge on any atom is -0.477 e. The number of carboxylic acids is 1. The number of thiophene rings is 1. The number of aryl methyl sites for hydroxylation is 1. The first-order valence-corrected chi connectivity index (χ1v) is 9.67. The average molecular weight is 356 g/mol. The van der Waals surface area contributed by atoms with E-state index >= 15 is 0 Å². The van der Waals surface area contributed by atoms with Gasteiger partial charge in [0.05, 0.1) is 5.75 Å². The molecule has 0 saturated heterocycles. The third kappa shape index (κ3) is 4.23. The van der Waals surface area contributed by atoms with Crippen molar-refractivity contribution in [2.75, 3.05) is 26.4 Å². The molecule has 11 heteroatoms. The number of nitrogens with one attached hydrogen (secondary N) is 1. The highest BCUT2D eigenvalue weighted by Crippen LogP contribution is 2.26. The van der Waals surface area contributed by atoms with Crippen LogP contribution in [0.25, 0.3) is 0 Å². The van der Waals surface area contributed by atoms with Gasteiger partial charge in [0.25, 0.3) is 0 Å². The van der Waals surface area contributed by atoms with Crippen molar-refractivity contribution >= 4 is 37.4 Å². The molecule has 0 aliphatic heterocycles. The maximum absolute atomic E-state index is 12.1. The maximum atomic E-state index is 12.1. The normalized spacial score (nSPS) is 12.8. The molecule has 0 fully saturated rings. The quantitative estimate of drug-likeness (QED) is 0.705. The molecule has 0 unspecified atom stereocenters. The van der Waals surface area contributed by atoms with Crippen LogP contribution in [0.5, 0.6) is 0 Å². The van der Waals surface area contributed by atoms with E-state index in [2.05, 4.69) is 4.72 Å². The van der Waals surface area contributed by atoms with E-state index in [4.69, 9.17) is 5.11 Å². The Balaban J connectivity index is 2.94. The molecule has 8 nitrogen and oxygen atoms in total. The molecule has 0 radical (unpaired) electrons. The average Bonchev–Trinajstić information content (AvgIpc) is 2.71. The molecular weight excluding hydrogens is 340 g/mol. The standard InChI is InChI=1S/C10H16N2O6S3/c1-7-6-19-8(10(13)14)9(7)21(17,18)11-4-5-20(15,16)12(2)3/h6,11H,4-5H2,1-3H3,(H,13,14). The molecule has 1 aromatic rings. The summed E-state index contributed by atoms with van der Waals surface area (Å²) in [5.74, 6) is -1.75.